The highest BCUT2D eigenvalue weighted by molar-refractivity contribution is 5.88. The van der Waals surface area contributed by atoms with Crippen LogP contribution in [0.25, 0.3) is 0 Å². The van der Waals surface area contributed by atoms with Crippen molar-refractivity contribution in [3.8, 4) is 0 Å². The first-order valence-electron chi connectivity index (χ1n) is 7.37. The zero-order valence-electron chi connectivity index (χ0n) is 13.9. The van der Waals surface area contributed by atoms with Gasteiger partial charge in [0.05, 0.1) is 0 Å². The van der Waals surface area contributed by atoms with Gasteiger partial charge in [-0.15, -0.1) is 0 Å². The van der Waals surface area contributed by atoms with Crippen LogP contribution in [0.3, 0.4) is 0 Å². The number of primary amides is 1. The molecule has 6 nitrogen and oxygen atoms in total. The molecular formula is C15H27N5O. The van der Waals surface area contributed by atoms with Gasteiger partial charge in [0.1, 0.15) is 0 Å². The number of urea groups is 1. The number of carbonyl (C=O) groups is 1. The number of amides is 2. The molecule has 2 amide bonds. The minimum absolute atomic E-state index is 0.382. The molecule has 0 aromatic carbocycles. The van der Waals surface area contributed by atoms with Gasteiger partial charge in [0.15, 0.2) is 0 Å². The van der Waals surface area contributed by atoms with E-state index in [0.717, 1.165) is 17.9 Å². The van der Waals surface area contributed by atoms with Crippen LogP contribution in [-0.2, 0) is 0 Å². The molecule has 1 heterocycles. The Morgan fingerprint density at radius 3 is 1.95 bits per heavy atom. The molecule has 1 aromatic heterocycles. The van der Waals surface area contributed by atoms with Crippen LogP contribution >= 0.6 is 0 Å². The number of aryl methyl sites for hydroxylation is 2. The molecule has 6 heteroatoms. The molecule has 0 aliphatic carbocycles. The van der Waals surface area contributed by atoms with E-state index in [1.54, 1.807) is 0 Å². The number of hydrogen-bond donors (Lipinski definition) is 1. The van der Waals surface area contributed by atoms with Crippen molar-refractivity contribution in [2.75, 3.05) is 18.0 Å². The van der Waals surface area contributed by atoms with E-state index in [-0.39, 0.29) is 0 Å². The van der Waals surface area contributed by atoms with Crippen molar-refractivity contribution >= 4 is 12.0 Å². The summed E-state index contributed by atoms with van der Waals surface area (Å²) in [6, 6.07) is 2.16. The van der Waals surface area contributed by atoms with Gasteiger partial charge < -0.3 is 5.73 Å². The minimum Gasteiger partial charge on any atom is -0.351 e. The second-order valence-electron chi connectivity index (χ2n) is 5.87. The van der Waals surface area contributed by atoms with Gasteiger partial charge in [-0.2, -0.15) is 0 Å². The number of nitrogens with zero attached hydrogens (tertiary/aromatic N) is 4. The van der Waals surface area contributed by atoms with Gasteiger partial charge in [-0.25, -0.2) is 14.8 Å². The smallest absolute Gasteiger partial charge is 0.321 e. The Bertz CT molecular complexity index is 459. The minimum atomic E-state index is -0.521. The van der Waals surface area contributed by atoms with Gasteiger partial charge in [0.25, 0.3) is 0 Å². The lowest BCUT2D eigenvalue weighted by Gasteiger charge is -2.32. The predicted molar refractivity (Wildman–Crippen MR) is 85.4 cm³/mol. The standard InChI is InChI=1S/C15H27N5O/c1-10(2)19(11(3)4)7-8-20(14(16)21)15-17-12(5)9-13(6)18-15/h9-11H,7-8H2,1-6H3,(H2,16,21). The Morgan fingerprint density at radius 1 is 1.10 bits per heavy atom. The summed E-state index contributed by atoms with van der Waals surface area (Å²) in [5.74, 6) is 0.382. The quantitative estimate of drug-likeness (QED) is 0.871. The van der Waals surface area contributed by atoms with Crippen molar-refractivity contribution in [1.29, 1.82) is 0 Å². The van der Waals surface area contributed by atoms with Crippen molar-refractivity contribution in [2.45, 2.75) is 53.6 Å². The fourth-order valence-electron chi connectivity index (χ4n) is 2.46. The molecule has 1 rings (SSSR count). The molecule has 0 bridgehead atoms. The zero-order chi connectivity index (χ0) is 16.2. The summed E-state index contributed by atoms with van der Waals surface area (Å²) >= 11 is 0. The lowest BCUT2D eigenvalue weighted by molar-refractivity contribution is 0.179. The summed E-state index contributed by atoms with van der Waals surface area (Å²) in [5.41, 5.74) is 7.15. The van der Waals surface area contributed by atoms with Crippen LogP contribution < -0.4 is 10.6 Å². The number of aromatic nitrogens is 2. The van der Waals surface area contributed by atoms with E-state index in [0.29, 0.717) is 24.6 Å². The highest BCUT2D eigenvalue weighted by Gasteiger charge is 2.20. The summed E-state index contributed by atoms with van der Waals surface area (Å²) in [6.45, 7) is 13.5. The van der Waals surface area contributed by atoms with E-state index >= 15 is 0 Å². The maximum atomic E-state index is 11.7. The number of anilines is 1. The molecule has 0 saturated heterocycles. The molecule has 0 atom stereocenters. The molecule has 118 valence electrons. The monoisotopic (exact) mass is 293 g/mol. The normalized spacial score (nSPS) is 11.5. The summed E-state index contributed by atoms with van der Waals surface area (Å²) in [6.07, 6.45) is 0. The van der Waals surface area contributed by atoms with Gasteiger partial charge in [-0.1, -0.05) is 0 Å². The summed E-state index contributed by atoms with van der Waals surface area (Å²) < 4.78 is 0. The lowest BCUT2D eigenvalue weighted by Crippen LogP contribution is -2.46. The maximum Gasteiger partial charge on any atom is 0.321 e. The average Bonchev–Trinajstić information content (AvgIpc) is 2.31. The number of rotatable bonds is 6. The van der Waals surface area contributed by atoms with Gasteiger partial charge in [-0.05, 0) is 47.6 Å². The second kappa shape index (κ2) is 7.36. The predicted octanol–water partition coefficient (Wildman–Crippen LogP) is 2.10. The Kier molecular flexibility index (Phi) is 6.08. The fourth-order valence-corrected chi connectivity index (χ4v) is 2.46. The third-order valence-corrected chi connectivity index (χ3v) is 3.39. The molecule has 0 aliphatic heterocycles. The SMILES string of the molecule is Cc1cc(C)nc(N(CCN(C(C)C)C(C)C)C(N)=O)n1. The van der Waals surface area contributed by atoms with Crippen LogP contribution in [0.2, 0.25) is 0 Å². The first kappa shape index (κ1) is 17.4. The topological polar surface area (TPSA) is 75.3 Å². The van der Waals surface area contributed by atoms with Crippen molar-refractivity contribution < 1.29 is 4.79 Å². The molecule has 2 N–H and O–H groups in total. The second-order valence-corrected chi connectivity index (χ2v) is 5.87. The molecule has 21 heavy (non-hydrogen) atoms. The Balaban J connectivity index is 2.90. The molecular weight excluding hydrogens is 266 g/mol. The number of hydrogen-bond acceptors (Lipinski definition) is 4. The summed E-state index contributed by atoms with van der Waals surface area (Å²) in [4.78, 5) is 24.1. The average molecular weight is 293 g/mol. The highest BCUT2D eigenvalue weighted by Crippen LogP contribution is 2.11. The van der Waals surface area contributed by atoms with E-state index in [1.165, 1.54) is 4.90 Å². The first-order valence-corrected chi connectivity index (χ1v) is 7.37. The van der Waals surface area contributed by atoms with E-state index in [2.05, 4.69) is 42.6 Å². The molecule has 0 fully saturated rings. The summed E-state index contributed by atoms with van der Waals surface area (Å²) in [5, 5.41) is 0. The maximum absolute atomic E-state index is 11.7. The largest absolute Gasteiger partial charge is 0.351 e. The Hall–Kier alpha value is -1.69. The van der Waals surface area contributed by atoms with Crippen molar-refractivity contribution in [3.05, 3.63) is 17.5 Å². The van der Waals surface area contributed by atoms with E-state index in [4.69, 9.17) is 5.73 Å². The van der Waals surface area contributed by atoms with Gasteiger partial charge >= 0.3 is 6.03 Å². The van der Waals surface area contributed by atoms with Crippen LogP contribution in [0.4, 0.5) is 10.7 Å². The molecule has 0 unspecified atom stereocenters. The Morgan fingerprint density at radius 2 is 1.57 bits per heavy atom. The third kappa shape index (κ3) is 4.97. The van der Waals surface area contributed by atoms with Crippen LogP contribution in [0, 0.1) is 13.8 Å². The number of carbonyl (C=O) groups excluding carboxylic acids is 1. The van der Waals surface area contributed by atoms with Gasteiger partial charge in [0.2, 0.25) is 5.95 Å². The number of nitrogens with two attached hydrogens (primary N) is 1. The summed E-state index contributed by atoms with van der Waals surface area (Å²) in [7, 11) is 0. The molecule has 1 aromatic rings. The molecule has 0 saturated carbocycles. The van der Waals surface area contributed by atoms with Gasteiger partial charge in [0, 0.05) is 36.6 Å². The first-order chi connectivity index (χ1) is 9.72. The molecule has 0 spiro atoms. The van der Waals surface area contributed by atoms with Crippen molar-refractivity contribution in [3.63, 3.8) is 0 Å². The van der Waals surface area contributed by atoms with Gasteiger partial charge in [-0.3, -0.25) is 9.80 Å². The van der Waals surface area contributed by atoms with E-state index in [9.17, 15) is 4.79 Å². The molecule has 0 radical (unpaired) electrons. The fraction of sp³-hybridized carbons (Fsp3) is 0.667. The van der Waals surface area contributed by atoms with E-state index < -0.39 is 6.03 Å². The van der Waals surface area contributed by atoms with Crippen molar-refractivity contribution in [1.82, 2.24) is 14.9 Å². The van der Waals surface area contributed by atoms with Crippen LogP contribution in [0.5, 0.6) is 0 Å². The lowest BCUT2D eigenvalue weighted by atomic mass is 10.2. The van der Waals surface area contributed by atoms with Crippen LogP contribution in [-0.4, -0.2) is 46.1 Å². The third-order valence-electron chi connectivity index (χ3n) is 3.39. The van der Waals surface area contributed by atoms with Crippen LogP contribution in [0.15, 0.2) is 6.07 Å². The Labute approximate surface area is 127 Å². The highest BCUT2D eigenvalue weighted by atomic mass is 16.2. The van der Waals surface area contributed by atoms with Crippen LogP contribution in [0.1, 0.15) is 39.1 Å². The molecule has 0 aliphatic rings. The van der Waals surface area contributed by atoms with E-state index in [1.807, 2.05) is 19.9 Å². The zero-order valence-corrected chi connectivity index (χ0v) is 13.9. The van der Waals surface area contributed by atoms with Crippen molar-refractivity contribution in [2.24, 2.45) is 5.73 Å².